The van der Waals surface area contributed by atoms with Crippen LogP contribution in [-0.2, 0) is 14.3 Å². The highest BCUT2D eigenvalue weighted by Crippen LogP contribution is 2.70. The van der Waals surface area contributed by atoms with E-state index in [1.54, 1.807) is 0 Å². The Hall–Kier alpha value is -1.34. The van der Waals surface area contributed by atoms with Crippen LogP contribution in [0.15, 0.2) is 12.2 Å². The third-order valence-electron chi connectivity index (χ3n) is 9.73. The van der Waals surface area contributed by atoms with Gasteiger partial charge in [0.05, 0.1) is 0 Å². The molecule has 4 aliphatic carbocycles. The lowest BCUT2D eigenvalue weighted by atomic mass is 9.42. The van der Waals surface area contributed by atoms with Gasteiger partial charge in [0.2, 0.25) is 0 Å². The first kappa shape index (κ1) is 21.9. The van der Waals surface area contributed by atoms with Gasteiger partial charge in [0.1, 0.15) is 17.9 Å². The molecule has 0 aromatic carbocycles. The van der Waals surface area contributed by atoms with Crippen molar-refractivity contribution in [3.05, 3.63) is 12.2 Å². The molecule has 4 fully saturated rings. The molecule has 0 unspecified atom stereocenters. The summed E-state index contributed by atoms with van der Waals surface area (Å²) in [7, 11) is 0. The van der Waals surface area contributed by atoms with Crippen molar-refractivity contribution in [2.45, 2.75) is 82.3 Å². The highest BCUT2D eigenvalue weighted by atomic mass is 19.1. The van der Waals surface area contributed by atoms with Crippen molar-refractivity contribution in [2.75, 3.05) is 6.67 Å². The highest BCUT2D eigenvalue weighted by Gasteiger charge is 2.72. The summed E-state index contributed by atoms with van der Waals surface area (Å²) in [6.45, 7) is 6.75. The average Bonchev–Trinajstić information content (AvgIpc) is 2.91. The zero-order valence-corrected chi connectivity index (χ0v) is 17.7. The highest BCUT2D eigenvalue weighted by molar-refractivity contribution is 5.93. The second-order valence-corrected chi connectivity index (χ2v) is 10.5. The van der Waals surface area contributed by atoms with Crippen molar-refractivity contribution in [1.29, 1.82) is 0 Å². The minimum Gasteiger partial charge on any atom is -0.464 e. The number of hydrogen-bond acceptors (Lipinski definition) is 5. The molecule has 5 nitrogen and oxygen atoms in total. The van der Waals surface area contributed by atoms with Gasteiger partial charge in [0, 0.05) is 17.3 Å². The predicted octanol–water partition coefficient (Wildman–Crippen LogP) is 3.07. The number of fused-ring (bicyclic) bond motifs is 5. The fourth-order valence-corrected chi connectivity index (χ4v) is 7.96. The van der Waals surface area contributed by atoms with Crippen LogP contribution in [0.5, 0.6) is 0 Å². The Bertz CT molecular complexity index is 773. The Kier molecular flexibility index (Phi) is 4.98. The van der Waals surface area contributed by atoms with Crippen LogP contribution in [0.3, 0.4) is 0 Å². The average molecular weight is 427 g/mol. The number of halogens is 2. The maximum atomic E-state index is 15.6. The third kappa shape index (κ3) is 2.45. The standard InChI is InChI=1S/C23H32F2O5/c1-13-8-17-15-9-18(25)22(28)10-14(30-12-26)4-6-20(22,2)16(15)5-7-21(17,3)23(13,29)19(27)11-24/h12,14-18,28-29H,1,4-11H2,2-3H3/t14-,15+,16-,17-,18+,20+,21-,22-,23-/m0/s1. The first-order valence-electron chi connectivity index (χ1n) is 10.9. The van der Waals surface area contributed by atoms with Crippen molar-refractivity contribution in [3.63, 3.8) is 0 Å². The minimum atomic E-state index is -1.92. The van der Waals surface area contributed by atoms with Gasteiger partial charge in [-0.2, -0.15) is 0 Å². The van der Waals surface area contributed by atoms with Crippen molar-refractivity contribution in [2.24, 2.45) is 28.6 Å². The second kappa shape index (κ2) is 6.83. The summed E-state index contributed by atoms with van der Waals surface area (Å²) in [6, 6.07) is 0. The van der Waals surface area contributed by atoms with E-state index in [0.29, 0.717) is 44.1 Å². The molecule has 0 amide bonds. The van der Waals surface area contributed by atoms with Crippen LogP contribution in [0.4, 0.5) is 8.78 Å². The van der Waals surface area contributed by atoms with Crippen LogP contribution >= 0.6 is 0 Å². The zero-order chi connectivity index (χ0) is 22.1. The van der Waals surface area contributed by atoms with Crippen LogP contribution in [0.25, 0.3) is 0 Å². The van der Waals surface area contributed by atoms with Crippen LogP contribution in [-0.4, -0.2) is 52.6 Å². The number of aliphatic hydroxyl groups is 2. The first-order valence-corrected chi connectivity index (χ1v) is 10.9. The molecule has 0 bridgehead atoms. The van der Waals surface area contributed by atoms with E-state index in [1.165, 1.54) is 0 Å². The van der Waals surface area contributed by atoms with Crippen LogP contribution < -0.4 is 0 Å². The summed E-state index contributed by atoms with van der Waals surface area (Å²) in [5.41, 5.74) is -4.78. The van der Waals surface area contributed by atoms with Crippen molar-refractivity contribution >= 4 is 12.3 Å². The molecule has 4 saturated carbocycles. The van der Waals surface area contributed by atoms with Gasteiger partial charge in [0.15, 0.2) is 18.1 Å². The van der Waals surface area contributed by atoms with Gasteiger partial charge in [0.25, 0.3) is 6.47 Å². The summed E-state index contributed by atoms with van der Waals surface area (Å²) in [4.78, 5) is 23.2. The Morgan fingerprint density at radius 3 is 2.53 bits per heavy atom. The summed E-state index contributed by atoms with van der Waals surface area (Å²) < 4.78 is 34.0. The Morgan fingerprint density at radius 2 is 1.90 bits per heavy atom. The van der Waals surface area contributed by atoms with E-state index in [1.807, 2.05) is 13.8 Å². The van der Waals surface area contributed by atoms with Gasteiger partial charge in [-0.05, 0) is 61.9 Å². The number of hydrogen-bond donors (Lipinski definition) is 2. The van der Waals surface area contributed by atoms with E-state index in [4.69, 9.17) is 4.74 Å². The molecule has 2 N–H and O–H groups in total. The van der Waals surface area contributed by atoms with Gasteiger partial charge in [-0.1, -0.05) is 20.4 Å². The lowest BCUT2D eigenvalue weighted by molar-refractivity contribution is -0.254. The number of ether oxygens (including phenoxy) is 1. The Labute approximate surface area is 175 Å². The Morgan fingerprint density at radius 1 is 1.23 bits per heavy atom. The number of carbonyl (C=O) groups excluding carboxylic acids is 2. The molecule has 30 heavy (non-hydrogen) atoms. The van der Waals surface area contributed by atoms with Gasteiger partial charge in [-0.25, -0.2) is 8.78 Å². The smallest absolute Gasteiger partial charge is 0.293 e. The Balaban J connectivity index is 1.70. The molecular formula is C23H32F2O5. The summed E-state index contributed by atoms with van der Waals surface area (Å²) in [5.74, 6) is -1.21. The monoisotopic (exact) mass is 426 g/mol. The number of carbonyl (C=O) groups is 2. The van der Waals surface area contributed by atoms with Gasteiger partial charge in [-0.15, -0.1) is 0 Å². The fraction of sp³-hybridized carbons (Fsp3) is 0.826. The van der Waals surface area contributed by atoms with Gasteiger partial charge >= 0.3 is 0 Å². The maximum Gasteiger partial charge on any atom is 0.293 e. The van der Waals surface area contributed by atoms with E-state index in [2.05, 4.69) is 6.58 Å². The van der Waals surface area contributed by atoms with E-state index in [9.17, 15) is 24.2 Å². The molecule has 168 valence electrons. The predicted molar refractivity (Wildman–Crippen MR) is 105 cm³/mol. The van der Waals surface area contributed by atoms with Crippen molar-refractivity contribution in [3.8, 4) is 0 Å². The SMILES string of the molecule is C=C1C[C@H]2[C@@H]3C[C@@H](F)[C@@]4(O)C[C@@H](OC=O)CC[C@]4(C)[C@H]3CC[C@]2(C)[C@@]1(O)C(=O)CF. The number of Topliss-reactive ketones (excluding diaryl/α,β-unsaturated/α-hetero) is 1. The van der Waals surface area contributed by atoms with E-state index in [0.717, 1.165) is 0 Å². The zero-order valence-electron chi connectivity index (χ0n) is 17.7. The molecular weight excluding hydrogens is 394 g/mol. The molecule has 0 spiro atoms. The number of rotatable bonds is 4. The van der Waals surface area contributed by atoms with Crippen molar-refractivity contribution < 1.29 is 33.3 Å². The molecule has 0 radical (unpaired) electrons. The van der Waals surface area contributed by atoms with Gasteiger partial charge < -0.3 is 14.9 Å². The van der Waals surface area contributed by atoms with Crippen LogP contribution in [0.2, 0.25) is 0 Å². The maximum absolute atomic E-state index is 15.6. The van der Waals surface area contributed by atoms with Gasteiger partial charge in [-0.3, -0.25) is 9.59 Å². The second-order valence-electron chi connectivity index (χ2n) is 10.5. The molecule has 0 saturated heterocycles. The third-order valence-corrected chi connectivity index (χ3v) is 9.73. The molecule has 0 aromatic rings. The van der Waals surface area contributed by atoms with E-state index >= 15 is 4.39 Å². The van der Waals surface area contributed by atoms with Crippen molar-refractivity contribution in [1.82, 2.24) is 0 Å². The minimum absolute atomic E-state index is 0.000356. The molecule has 0 aliphatic heterocycles. The lowest BCUT2D eigenvalue weighted by Gasteiger charge is -2.64. The van der Waals surface area contributed by atoms with Crippen LogP contribution in [0, 0.1) is 28.6 Å². The van der Waals surface area contributed by atoms with E-state index < -0.39 is 46.8 Å². The quantitative estimate of drug-likeness (QED) is 0.533. The van der Waals surface area contributed by atoms with E-state index in [-0.39, 0.29) is 30.6 Å². The summed E-state index contributed by atoms with van der Waals surface area (Å²) in [6.07, 6.45) is 0.718. The molecule has 4 rings (SSSR count). The van der Waals surface area contributed by atoms with Crippen LogP contribution in [0.1, 0.15) is 58.8 Å². The topological polar surface area (TPSA) is 83.8 Å². The summed E-state index contributed by atoms with van der Waals surface area (Å²) in [5, 5.41) is 22.8. The summed E-state index contributed by atoms with van der Waals surface area (Å²) >= 11 is 0. The molecule has 0 aromatic heterocycles. The normalized spacial score (nSPS) is 52.7. The number of ketones is 1. The first-order chi connectivity index (χ1) is 14.0. The largest absolute Gasteiger partial charge is 0.464 e. The lowest BCUT2D eigenvalue weighted by Crippen LogP contribution is -2.68. The number of alkyl halides is 2. The fourth-order valence-electron chi connectivity index (χ4n) is 7.96. The molecule has 4 aliphatic rings. The molecule has 0 heterocycles. The molecule has 7 heteroatoms. The molecule has 9 atom stereocenters.